The Morgan fingerprint density at radius 1 is 1.60 bits per heavy atom. The summed E-state index contributed by atoms with van der Waals surface area (Å²) in [6.07, 6.45) is 2.32. The summed E-state index contributed by atoms with van der Waals surface area (Å²) in [4.78, 5) is 2.22. The van der Waals surface area contributed by atoms with E-state index in [0.29, 0.717) is 6.04 Å². The van der Waals surface area contributed by atoms with Crippen molar-refractivity contribution >= 4 is 0 Å². The van der Waals surface area contributed by atoms with Crippen LogP contribution in [-0.2, 0) is 0 Å². The molecule has 0 aromatic carbocycles. The zero-order valence-corrected chi connectivity index (χ0v) is 6.29. The van der Waals surface area contributed by atoms with Crippen LogP contribution in [-0.4, -0.2) is 42.3 Å². The predicted molar refractivity (Wildman–Crippen MR) is 40.7 cm³/mol. The van der Waals surface area contributed by atoms with Gasteiger partial charge < -0.3 is 10.8 Å². The van der Waals surface area contributed by atoms with Crippen LogP contribution in [0.2, 0.25) is 0 Å². The first-order chi connectivity index (χ1) is 4.83. The lowest BCUT2D eigenvalue weighted by molar-refractivity contribution is 0.162. The van der Waals surface area contributed by atoms with E-state index in [4.69, 9.17) is 10.8 Å². The van der Waals surface area contributed by atoms with E-state index in [1.165, 1.54) is 6.42 Å². The zero-order chi connectivity index (χ0) is 7.40. The van der Waals surface area contributed by atoms with Gasteiger partial charge in [-0.1, -0.05) is 0 Å². The van der Waals surface area contributed by atoms with Gasteiger partial charge in [-0.25, -0.2) is 0 Å². The van der Waals surface area contributed by atoms with E-state index in [0.717, 1.165) is 26.1 Å². The summed E-state index contributed by atoms with van der Waals surface area (Å²) in [5.41, 5.74) is 5.73. The van der Waals surface area contributed by atoms with Gasteiger partial charge in [-0.2, -0.15) is 0 Å². The Morgan fingerprint density at radius 3 is 3.00 bits per heavy atom. The Bertz CT molecular complexity index is 95.6. The minimum absolute atomic E-state index is 0.257. The molecular formula is C7H16N2O. The Balaban J connectivity index is 2.18. The molecule has 3 heteroatoms. The maximum absolute atomic E-state index is 8.62. The lowest BCUT2D eigenvalue weighted by Crippen LogP contribution is -2.43. The molecular weight excluding hydrogens is 128 g/mol. The normalized spacial score (nSPS) is 28.8. The molecule has 1 aliphatic heterocycles. The van der Waals surface area contributed by atoms with Crippen molar-refractivity contribution in [2.45, 2.75) is 18.9 Å². The van der Waals surface area contributed by atoms with Crippen LogP contribution < -0.4 is 5.73 Å². The summed E-state index contributed by atoms with van der Waals surface area (Å²) in [5.74, 6) is 0. The number of hydrogen-bond acceptors (Lipinski definition) is 3. The first kappa shape index (κ1) is 7.98. The fraction of sp³-hybridized carbons (Fsp3) is 1.00. The van der Waals surface area contributed by atoms with E-state index in [1.54, 1.807) is 0 Å². The highest BCUT2D eigenvalue weighted by molar-refractivity contribution is 4.74. The lowest BCUT2D eigenvalue weighted by atomic mass is 10.1. The standard InChI is InChI=1S/C7H16N2O/c8-7-2-1-3-9(6-7)4-5-10/h7,10H,1-6,8H2/t7-/m1/s1. The van der Waals surface area contributed by atoms with Gasteiger partial charge in [0.1, 0.15) is 0 Å². The molecule has 3 nitrogen and oxygen atoms in total. The summed E-state index contributed by atoms with van der Waals surface area (Å²) >= 11 is 0. The summed E-state index contributed by atoms with van der Waals surface area (Å²) < 4.78 is 0. The second-order valence-electron chi connectivity index (χ2n) is 2.93. The zero-order valence-electron chi connectivity index (χ0n) is 6.29. The van der Waals surface area contributed by atoms with Crippen molar-refractivity contribution in [1.29, 1.82) is 0 Å². The molecule has 1 atom stereocenters. The van der Waals surface area contributed by atoms with Crippen LogP contribution in [0, 0.1) is 0 Å². The number of likely N-dealkylation sites (tertiary alicyclic amines) is 1. The van der Waals surface area contributed by atoms with Crippen molar-refractivity contribution in [3.8, 4) is 0 Å². The summed E-state index contributed by atoms with van der Waals surface area (Å²) in [7, 11) is 0. The number of β-amino-alcohol motifs (C(OH)–C–C–N with tert-alkyl or cyclic N) is 1. The molecule has 0 bridgehead atoms. The Kier molecular flexibility index (Phi) is 3.12. The molecule has 0 radical (unpaired) electrons. The van der Waals surface area contributed by atoms with Crippen molar-refractivity contribution < 1.29 is 5.11 Å². The lowest BCUT2D eigenvalue weighted by Gasteiger charge is -2.29. The molecule has 1 aliphatic rings. The first-order valence-electron chi connectivity index (χ1n) is 3.91. The number of piperidine rings is 1. The number of rotatable bonds is 2. The minimum atomic E-state index is 0.257. The van der Waals surface area contributed by atoms with Crippen LogP contribution in [0.25, 0.3) is 0 Å². The monoisotopic (exact) mass is 144 g/mol. The van der Waals surface area contributed by atoms with Crippen LogP contribution in [0.4, 0.5) is 0 Å². The fourth-order valence-electron chi connectivity index (χ4n) is 1.44. The van der Waals surface area contributed by atoms with Crippen LogP contribution in [0.5, 0.6) is 0 Å². The molecule has 60 valence electrons. The number of nitrogens with zero attached hydrogens (tertiary/aromatic N) is 1. The number of hydrogen-bond donors (Lipinski definition) is 2. The number of nitrogens with two attached hydrogens (primary N) is 1. The van der Waals surface area contributed by atoms with Gasteiger partial charge in [-0.05, 0) is 19.4 Å². The van der Waals surface area contributed by atoms with E-state index in [2.05, 4.69) is 4.90 Å². The van der Waals surface area contributed by atoms with Crippen LogP contribution in [0.15, 0.2) is 0 Å². The highest BCUT2D eigenvalue weighted by Gasteiger charge is 2.14. The summed E-state index contributed by atoms with van der Waals surface area (Å²) in [6, 6.07) is 0.334. The van der Waals surface area contributed by atoms with E-state index in [9.17, 15) is 0 Å². The van der Waals surface area contributed by atoms with E-state index < -0.39 is 0 Å². The molecule has 0 aromatic rings. The molecule has 0 aromatic heterocycles. The highest BCUT2D eigenvalue weighted by Crippen LogP contribution is 2.06. The third kappa shape index (κ3) is 2.25. The van der Waals surface area contributed by atoms with Crippen molar-refractivity contribution in [3.63, 3.8) is 0 Å². The molecule has 3 N–H and O–H groups in total. The van der Waals surface area contributed by atoms with Crippen LogP contribution in [0.3, 0.4) is 0 Å². The van der Waals surface area contributed by atoms with E-state index in [-0.39, 0.29) is 6.61 Å². The molecule has 10 heavy (non-hydrogen) atoms. The van der Waals surface area contributed by atoms with Gasteiger partial charge in [0.05, 0.1) is 6.61 Å². The van der Waals surface area contributed by atoms with Gasteiger partial charge in [0, 0.05) is 19.1 Å². The largest absolute Gasteiger partial charge is 0.395 e. The third-order valence-corrected chi connectivity index (χ3v) is 1.96. The van der Waals surface area contributed by atoms with Gasteiger partial charge in [0.2, 0.25) is 0 Å². The highest BCUT2D eigenvalue weighted by atomic mass is 16.3. The maximum atomic E-state index is 8.62. The molecule has 1 rings (SSSR count). The Hall–Kier alpha value is -0.120. The average molecular weight is 144 g/mol. The molecule has 0 aliphatic carbocycles. The van der Waals surface area contributed by atoms with Crippen LogP contribution >= 0.6 is 0 Å². The van der Waals surface area contributed by atoms with Crippen LogP contribution in [0.1, 0.15) is 12.8 Å². The third-order valence-electron chi connectivity index (χ3n) is 1.96. The second kappa shape index (κ2) is 3.91. The number of aliphatic hydroxyl groups excluding tert-OH is 1. The Morgan fingerprint density at radius 2 is 2.40 bits per heavy atom. The van der Waals surface area contributed by atoms with Gasteiger partial charge in [0.15, 0.2) is 0 Å². The SMILES string of the molecule is N[C@@H]1CCCN(CCO)C1. The predicted octanol–water partition coefficient (Wildman–Crippen LogP) is -0.598. The summed E-state index contributed by atoms with van der Waals surface area (Å²) in [6.45, 7) is 3.11. The average Bonchev–Trinajstić information content (AvgIpc) is 1.88. The van der Waals surface area contributed by atoms with E-state index in [1.807, 2.05) is 0 Å². The molecule has 0 saturated carbocycles. The second-order valence-corrected chi connectivity index (χ2v) is 2.93. The maximum Gasteiger partial charge on any atom is 0.0558 e. The molecule has 0 amide bonds. The molecule has 0 unspecified atom stereocenters. The molecule has 1 heterocycles. The smallest absolute Gasteiger partial charge is 0.0558 e. The van der Waals surface area contributed by atoms with Crippen molar-refractivity contribution in [2.75, 3.05) is 26.2 Å². The van der Waals surface area contributed by atoms with Crippen molar-refractivity contribution in [1.82, 2.24) is 4.90 Å². The van der Waals surface area contributed by atoms with Gasteiger partial charge in [0.25, 0.3) is 0 Å². The van der Waals surface area contributed by atoms with E-state index >= 15 is 0 Å². The fourth-order valence-corrected chi connectivity index (χ4v) is 1.44. The summed E-state index contributed by atoms with van der Waals surface area (Å²) in [5, 5.41) is 8.62. The van der Waals surface area contributed by atoms with Crippen molar-refractivity contribution in [3.05, 3.63) is 0 Å². The number of aliphatic hydroxyl groups is 1. The van der Waals surface area contributed by atoms with Crippen molar-refractivity contribution in [2.24, 2.45) is 5.73 Å². The molecule has 0 spiro atoms. The van der Waals surface area contributed by atoms with Gasteiger partial charge in [-0.3, -0.25) is 4.90 Å². The van der Waals surface area contributed by atoms with Gasteiger partial charge in [-0.15, -0.1) is 0 Å². The minimum Gasteiger partial charge on any atom is -0.395 e. The quantitative estimate of drug-likeness (QED) is 0.544. The molecule has 1 saturated heterocycles. The Labute approximate surface area is 61.8 Å². The topological polar surface area (TPSA) is 49.5 Å². The first-order valence-corrected chi connectivity index (χ1v) is 3.91. The molecule has 1 fully saturated rings. The van der Waals surface area contributed by atoms with Gasteiger partial charge >= 0.3 is 0 Å².